The number of carbonyl (C=O) groups is 1. The molecule has 0 aromatic rings. The van der Waals surface area contributed by atoms with Gasteiger partial charge in [-0.1, -0.05) is 6.08 Å². The Balaban J connectivity index is 3.30. The second-order valence-electron chi connectivity index (χ2n) is 1.87. The van der Waals surface area contributed by atoms with Gasteiger partial charge in [0.05, 0.1) is 0 Å². The molecule has 10 heavy (non-hydrogen) atoms. The van der Waals surface area contributed by atoms with E-state index in [1.54, 1.807) is 6.08 Å². The Bertz CT molecular complexity index is 125. The number of rotatable bonds is 5. The van der Waals surface area contributed by atoms with Crippen molar-refractivity contribution in [3.8, 4) is 0 Å². The van der Waals surface area contributed by atoms with Crippen LogP contribution < -0.4 is 11.1 Å². The Hall–Kier alpha value is -0.870. The summed E-state index contributed by atoms with van der Waals surface area (Å²) in [5, 5.41) is 11.5. The van der Waals surface area contributed by atoms with Crippen LogP contribution in [0.5, 0.6) is 0 Å². The van der Waals surface area contributed by atoms with Gasteiger partial charge in [0.15, 0.2) is 0 Å². The third kappa shape index (κ3) is 4.05. The summed E-state index contributed by atoms with van der Waals surface area (Å²) < 4.78 is 0. The van der Waals surface area contributed by atoms with Crippen molar-refractivity contribution in [3.05, 3.63) is 12.7 Å². The van der Waals surface area contributed by atoms with Crippen molar-refractivity contribution in [2.24, 2.45) is 5.73 Å². The Morgan fingerprint density at radius 3 is 2.90 bits per heavy atom. The van der Waals surface area contributed by atoms with Crippen molar-refractivity contribution in [3.63, 3.8) is 0 Å². The zero-order valence-electron chi connectivity index (χ0n) is 5.71. The maximum absolute atomic E-state index is 10.2. The van der Waals surface area contributed by atoms with Gasteiger partial charge in [-0.15, -0.1) is 6.58 Å². The summed E-state index contributed by atoms with van der Waals surface area (Å²) in [5.41, 5.74) is 4.76. The molecule has 4 heteroatoms. The smallest absolute Gasteiger partial charge is 0.247 e. The standard InChI is InChI=1S/C6H12N2O2/c1-2-3-8-4-5(9)6(7)10/h2,5,8-9H,1,3-4H2,(H2,7,10). The van der Waals surface area contributed by atoms with Crippen LogP contribution in [-0.2, 0) is 4.79 Å². The highest BCUT2D eigenvalue weighted by Crippen LogP contribution is 1.75. The van der Waals surface area contributed by atoms with Crippen molar-refractivity contribution in [1.82, 2.24) is 5.32 Å². The summed E-state index contributed by atoms with van der Waals surface area (Å²) >= 11 is 0. The molecule has 1 unspecified atom stereocenters. The number of aliphatic hydroxyl groups is 1. The normalized spacial score (nSPS) is 12.5. The Morgan fingerprint density at radius 1 is 1.90 bits per heavy atom. The SMILES string of the molecule is C=CCNCC(O)C(N)=O. The van der Waals surface area contributed by atoms with Gasteiger partial charge in [-0.3, -0.25) is 4.79 Å². The molecule has 0 radical (unpaired) electrons. The molecule has 0 aromatic carbocycles. The molecule has 0 spiro atoms. The molecule has 0 bridgehead atoms. The fourth-order valence-electron chi connectivity index (χ4n) is 0.423. The quantitative estimate of drug-likeness (QED) is 0.328. The van der Waals surface area contributed by atoms with Crippen LogP contribution in [0.2, 0.25) is 0 Å². The second kappa shape index (κ2) is 4.96. The highest BCUT2D eigenvalue weighted by Gasteiger charge is 2.07. The fraction of sp³-hybridized carbons (Fsp3) is 0.500. The Labute approximate surface area is 59.7 Å². The number of hydrogen-bond donors (Lipinski definition) is 3. The van der Waals surface area contributed by atoms with Gasteiger partial charge >= 0.3 is 0 Å². The monoisotopic (exact) mass is 144 g/mol. The molecule has 1 amide bonds. The first-order valence-electron chi connectivity index (χ1n) is 2.97. The number of nitrogens with one attached hydrogen (secondary N) is 1. The van der Waals surface area contributed by atoms with E-state index in [2.05, 4.69) is 11.9 Å². The predicted octanol–water partition coefficient (Wildman–Crippen LogP) is -1.39. The third-order valence-corrected chi connectivity index (χ3v) is 0.955. The van der Waals surface area contributed by atoms with E-state index in [0.717, 1.165) is 0 Å². The lowest BCUT2D eigenvalue weighted by molar-refractivity contribution is -0.125. The van der Waals surface area contributed by atoms with Gasteiger partial charge < -0.3 is 16.2 Å². The molecule has 0 fully saturated rings. The van der Waals surface area contributed by atoms with Gasteiger partial charge in [-0.2, -0.15) is 0 Å². The summed E-state index contributed by atoms with van der Waals surface area (Å²) in [6.45, 7) is 4.18. The molecule has 58 valence electrons. The summed E-state index contributed by atoms with van der Waals surface area (Å²) in [6, 6.07) is 0. The number of aliphatic hydroxyl groups excluding tert-OH is 1. The maximum Gasteiger partial charge on any atom is 0.247 e. The van der Waals surface area contributed by atoms with E-state index in [4.69, 9.17) is 10.8 Å². The minimum absolute atomic E-state index is 0.182. The molecule has 0 aromatic heterocycles. The average molecular weight is 144 g/mol. The van der Waals surface area contributed by atoms with Crippen molar-refractivity contribution < 1.29 is 9.90 Å². The first-order valence-corrected chi connectivity index (χ1v) is 2.97. The van der Waals surface area contributed by atoms with Crippen molar-refractivity contribution >= 4 is 5.91 Å². The van der Waals surface area contributed by atoms with Crippen LogP contribution in [0, 0.1) is 0 Å². The first kappa shape index (κ1) is 9.13. The van der Waals surface area contributed by atoms with Crippen molar-refractivity contribution in [2.45, 2.75) is 6.10 Å². The van der Waals surface area contributed by atoms with Crippen LogP contribution in [0.4, 0.5) is 0 Å². The van der Waals surface area contributed by atoms with Crippen LogP contribution in [-0.4, -0.2) is 30.2 Å². The fourth-order valence-corrected chi connectivity index (χ4v) is 0.423. The van der Waals surface area contributed by atoms with Gasteiger partial charge in [-0.05, 0) is 0 Å². The lowest BCUT2D eigenvalue weighted by Gasteiger charge is -2.05. The molecule has 0 rings (SSSR count). The molecular formula is C6H12N2O2. The summed E-state index contributed by atoms with van der Waals surface area (Å²) in [6.07, 6.45) is 0.535. The number of amides is 1. The van der Waals surface area contributed by atoms with Crippen LogP contribution in [0.15, 0.2) is 12.7 Å². The lowest BCUT2D eigenvalue weighted by atomic mass is 10.3. The van der Waals surface area contributed by atoms with E-state index in [1.165, 1.54) is 0 Å². The molecule has 0 aliphatic carbocycles. The number of hydrogen-bond acceptors (Lipinski definition) is 3. The molecule has 0 aliphatic heterocycles. The highest BCUT2D eigenvalue weighted by atomic mass is 16.3. The molecule has 1 atom stereocenters. The van der Waals surface area contributed by atoms with Crippen LogP contribution in [0.1, 0.15) is 0 Å². The molecule has 4 N–H and O–H groups in total. The van der Waals surface area contributed by atoms with E-state index in [1.807, 2.05) is 0 Å². The predicted molar refractivity (Wildman–Crippen MR) is 38.3 cm³/mol. The van der Waals surface area contributed by atoms with Crippen molar-refractivity contribution in [1.29, 1.82) is 0 Å². The molecule has 0 heterocycles. The van der Waals surface area contributed by atoms with Crippen LogP contribution in [0.25, 0.3) is 0 Å². The van der Waals surface area contributed by atoms with Gasteiger partial charge in [0.25, 0.3) is 0 Å². The summed E-state index contributed by atoms with van der Waals surface area (Å²) in [7, 11) is 0. The number of nitrogens with two attached hydrogens (primary N) is 1. The zero-order chi connectivity index (χ0) is 7.98. The highest BCUT2D eigenvalue weighted by molar-refractivity contribution is 5.78. The van der Waals surface area contributed by atoms with E-state index in [9.17, 15) is 4.79 Å². The van der Waals surface area contributed by atoms with Crippen molar-refractivity contribution in [2.75, 3.05) is 13.1 Å². The Morgan fingerprint density at radius 2 is 2.50 bits per heavy atom. The molecular weight excluding hydrogens is 132 g/mol. The molecule has 0 saturated heterocycles. The number of carbonyl (C=O) groups excluding carboxylic acids is 1. The third-order valence-electron chi connectivity index (χ3n) is 0.955. The topological polar surface area (TPSA) is 75.3 Å². The van der Waals surface area contributed by atoms with Crippen LogP contribution >= 0.6 is 0 Å². The van der Waals surface area contributed by atoms with E-state index < -0.39 is 12.0 Å². The minimum atomic E-state index is -1.10. The van der Waals surface area contributed by atoms with Gasteiger partial charge in [0, 0.05) is 13.1 Å². The van der Waals surface area contributed by atoms with Gasteiger partial charge in [0.2, 0.25) is 5.91 Å². The summed E-state index contributed by atoms with van der Waals surface area (Å²) in [4.78, 5) is 10.2. The lowest BCUT2D eigenvalue weighted by Crippen LogP contribution is -2.37. The molecule has 4 nitrogen and oxygen atoms in total. The average Bonchev–Trinajstić information content (AvgIpc) is 1.88. The minimum Gasteiger partial charge on any atom is -0.382 e. The van der Waals surface area contributed by atoms with E-state index >= 15 is 0 Å². The largest absolute Gasteiger partial charge is 0.382 e. The molecule has 0 aliphatic rings. The second-order valence-corrected chi connectivity index (χ2v) is 1.87. The van der Waals surface area contributed by atoms with E-state index in [0.29, 0.717) is 6.54 Å². The first-order chi connectivity index (χ1) is 4.68. The summed E-state index contributed by atoms with van der Waals surface area (Å²) in [5.74, 6) is -0.712. The zero-order valence-corrected chi connectivity index (χ0v) is 5.71. The Kier molecular flexibility index (Phi) is 4.53. The maximum atomic E-state index is 10.2. The van der Waals surface area contributed by atoms with Gasteiger partial charge in [-0.25, -0.2) is 0 Å². The number of primary amides is 1. The van der Waals surface area contributed by atoms with E-state index in [-0.39, 0.29) is 6.54 Å². The van der Waals surface area contributed by atoms with Gasteiger partial charge in [0.1, 0.15) is 6.10 Å². The van der Waals surface area contributed by atoms with Crippen LogP contribution in [0.3, 0.4) is 0 Å². The molecule has 0 saturated carbocycles.